The van der Waals surface area contributed by atoms with Crippen LogP contribution in [0.2, 0.25) is 0 Å². The molecule has 6 nitrogen and oxygen atoms in total. The lowest BCUT2D eigenvalue weighted by Crippen LogP contribution is -2.21. The zero-order chi connectivity index (χ0) is 18.5. The minimum absolute atomic E-state index is 0.0551. The van der Waals surface area contributed by atoms with Gasteiger partial charge in [0.2, 0.25) is 0 Å². The highest BCUT2D eigenvalue weighted by atomic mass is 19.3. The number of benzene rings is 2. The molecular weight excluding hydrogens is 346 g/mol. The van der Waals surface area contributed by atoms with Crippen molar-refractivity contribution >= 4 is 28.5 Å². The van der Waals surface area contributed by atoms with Crippen LogP contribution in [0, 0.1) is 0 Å². The third-order valence-electron chi connectivity index (χ3n) is 3.46. The van der Waals surface area contributed by atoms with Gasteiger partial charge in [0.25, 0.3) is 5.91 Å². The summed E-state index contributed by atoms with van der Waals surface area (Å²) in [4.78, 5) is 26.8. The van der Waals surface area contributed by atoms with Gasteiger partial charge in [-0.2, -0.15) is 8.78 Å². The molecule has 3 rings (SSSR count). The number of aromatic amines is 1. The summed E-state index contributed by atoms with van der Waals surface area (Å²) in [5.74, 6) is -1.56. The van der Waals surface area contributed by atoms with Crippen molar-refractivity contribution in [2.45, 2.75) is 6.61 Å². The fourth-order valence-electron chi connectivity index (χ4n) is 2.35. The minimum atomic E-state index is -3.02. The van der Waals surface area contributed by atoms with Crippen LogP contribution < -0.4 is 10.1 Å². The highest BCUT2D eigenvalue weighted by Crippen LogP contribution is 2.25. The number of amides is 1. The Balaban J connectivity index is 1.59. The van der Waals surface area contributed by atoms with E-state index in [1.165, 1.54) is 18.2 Å². The number of halogens is 2. The highest BCUT2D eigenvalue weighted by Gasteiger charge is 2.15. The topological polar surface area (TPSA) is 80.4 Å². The predicted octanol–water partition coefficient (Wildman–Crippen LogP) is 3.56. The summed E-state index contributed by atoms with van der Waals surface area (Å²) < 4.78 is 34.0. The van der Waals surface area contributed by atoms with Gasteiger partial charge in [-0.05, 0) is 24.3 Å². The lowest BCUT2D eigenvalue weighted by molar-refractivity contribution is -0.119. The van der Waals surface area contributed by atoms with Crippen molar-refractivity contribution in [3.8, 4) is 5.75 Å². The molecule has 1 amide bonds. The van der Waals surface area contributed by atoms with E-state index in [-0.39, 0.29) is 17.1 Å². The average Bonchev–Trinajstić information content (AvgIpc) is 3.05. The van der Waals surface area contributed by atoms with Crippen molar-refractivity contribution in [2.24, 2.45) is 0 Å². The van der Waals surface area contributed by atoms with Crippen LogP contribution in [0.3, 0.4) is 0 Å². The van der Waals surface area contributed by atoms with Gasteiger partial charge in [-0.25, -0.2) is 4.79 Å². The number of hydrogen-bond acceptors (Lipinski definition) is 4. The number of H-pyrrole nitrogens is 1. The molecule has 26 heavy (non-hydrogen) atoms. The van der Waals surface area contributed by atoms with Crippen LogP contribution in [0.25, 0.3) is 10.9 Å². The van der Waals surface area contributed by atoms with Crippen LogP contribution in [-0.2, 0) is 9.53 Å². The molecule has 0 aliphatic carbocycles. The summed E-state index contributed by atoms with van der Waals surface area (Å²) in [7, 11) is 0. The van der Waals surface area contributed by atoms with Crippen LogP contribution in [0.5, 0.6) is 5.75 Å². The maximum absolute atomic E-state index is 12.4. The van der Waals surface area contributed by atoms with Gasteiger partial charge in [0.15, 0.2) is 6.61 Å². The minimum Gasteiger partial charge on any atom is -0.451 e. The Hall–Kier alpha value is -3.42. The number of esters is 1. The standard InChI is InChI=1S/C18H14F2N2O4/c19-18(20)26-15-8-4-3-7-13(15)22-16(23)10-25-17(24)14-9-11-5-1-2-6-12(11)21-14/h1-9,18,21H,10H2,(H,22,23). The molecule has 2 N–H and O–H groups in total. The molecule has 3 aromatic rings. The molecule has 0 aliphatic rings. The van der Waals surface area contributed by atoms with Crippen LogP contribution in [0.15, 0.2) is 54.6 Å². The van der Waals surface area contributed by atoms with Crippen molar-refractivity contribution in [3.05, 3.63) is 60.3 Å². The second-order valence-corrected chi connectivity index (χ2v) is 5.27. The smallest absolute Gasteiger partial charge is 0.387 e. The number of carbonyl (C=O) groups is 2. The van der Waals surface area contributed by atoms with Gasteiger partial charge in [0.05, 0.1) is 5.69 Å². The van der Waals surface area contributed by atoms with E-state index in [1.54, 1.807) is 18.2 Å². The predicted molar refractivity (Wildman–Crippen MR) is 90.3 cm³/mol. The van der Waals surface area contributed by atoms with Crippen LogP contribution in [-0.4, -0.2) is 30.1 Å². The molecule has 0 saturated heterocycles. The first-order valence-corrected chi connectivity index (χ1v) is 7.61. The average molecular weight is 360 g/mol. The molecule has 0 bridgehead atoms. The molecule has 0 fully saturated rings. The summed E-state index contributed by atoms with van der Waals surface area (Å²) in [6.45, 7) is -3.59. The van der Waals surface area contributed by atoms with Gasteiger partial charge >= 0.3 is 12.6 Å². The van der Waals surface area contributed by atoms with Crippen molar-refractivity contribution < 1.29 is 27.8 Å². The van der Waals surface area contributed by atoms with Gasteiger partial charge in [-0.1, -0.05) is 30.3 Å². The molecular formula is C18H14F2N2O4. The number of rotatable bonds is 6. The van der Waals surface area contributed by atoms with Gasteiger partial charge < -0.3 is 19.8 Å². The number of anilines is 1. The van der Waals surface area contributed by atoms with E-state index in [0.29, 0.717) is 0 Å². The summed E-state index contributed by atoms with van der Waals surface area (Å²) in [6, 6.07) is 14.6. The Bertz CT molecular complexity index is 907. The van der Waals surface area contributed by atoms with Gasteiger partial charge in [0, 0.05) is 10.9 Å². The molecule has 1 aromatic heterocycles. The van der Waals surface area contributed by atoms with Crippen LogP contribution >= 0.6 is 0 Å². The summed E-state index contributed by atoms with van der Waals surface area (Å²) in [6.07, 6.45) is 0. The Morgan fingerprint density at radius 2 is 1.81 bits per heavy atom. The normalized spacial score (nSPS) is 10.7. The number of hydrogen-bond donors (Lipinski definition) is 2. The van der Waals surface area contributed by atoms with Crippen molar-refractivity contribution in [3.63, 3.8) is 0 Å². The highest BCUT2D eigenvalue weighted by molar-refractivity contribution is 5.98. The zero-order valence-electron chi connectivity index (χ0n) is 13.4. The van der Waals surface area contributed by atoms with E-state index in [4.69, 9.17) is 4.74 Å². The first-order valence-electron chi connectivity index (χ1n) is 7.61. The molecule has 0 saturated carbocycles. The first kappa shape index (κ1) is 17.4. The number of alkyl halides is 2. The third kappa shape index (κ3) is 4.15. The van der Waals surface area contributed by atoms with E-state index in [9.17, 15) is 18.4 Å². The van der Waals surface area contributed by atoms with Gasteiger partial charge in [-0.3, -0.25) is 4.79 Å². The number of nitrogens with one attached hydrogen (secondary N) is 2. The molecule has 134 valence electrons. The zero-order valence-corrected chi connectivity index (χ0v) is 13.4. The molecule has 0 spiro atoms. The molecule has 0 aliphatic heterocycles. The number of para-hydroxylation sites is 3. The first-order chi connectivity index (χ1) is 12.5. The van der Waals surface area contributed by atoms with Crippen LogP contribution in [0.1, 0.15) is 10.5 Å². The fourth-order valence-corrected chi connectivity index (χ4v) is 2.35. The SMILES string of the molecule is O=C(COC(=O)c1cc2ccccc2[nH]1)Nc1ccccc1OC(F)F. The summed E-state index contributed by atoms with van der Waals surface area (Å²) >= 11 is 0. The van der Waals surface area contributed by atoms with E-state index in [1.807, 2.05) is 18.2 Å². The molecule has 0 unspecified atom stereocenters. The Morgan fingerprint density at radius 3 is 2.58 bits per heavy atom. The Morgan fingerprint density at radius 1 is 1.08 bits per heavy atom. The third-order valence-corrected chi connectivity index (χ3v) is 3.46. The maximum Gasteiger partial charge on any atom is 0.387 e. The van der Waals surface area contributed by atoms with Crippen molar-refractivity contribution in [2.75, 3.05) is 11.9 Å². The molecule has 0 radical (unpaired) electrons. The summed E-state index contributed by atoms with van der Waals surface area (Å²) in [5.41, 5.74) is 1.03. The maximum atomic E-state index is 12.4. The van der Waals surface area contributed by atoms with Crippen molar-refractivity contribution in [1.29, 1.82) is 0 Å². The molecule has 0 atom stereocenters. The van der Waals surface area contributed by atoms with E-state index in [0.717, 1.165) is 10.9 Å². The van der Waals surface area contributed by atoms with E-state index < -0.39 is 25.1 Å². The number of fused-ring (bicyclic) bond motifs is 1. The second kappa shape index (κ2) is 7.64. The fraction of sp³-hybridized carbons (Fsp3) is 0.111. The second-order valence-electron chi connectivity index (χ2n) is 5.27. The number of ether oxygens (including phenoxy) is 2. The van der Waals surface area contributed by atoms with Crippen LogP contribution in [0.4, 0.5) is 14.5 Å². The van der Waals surface area contributed by atoms with E-state index in [2.05, 4.69) is 15.0 Å². The molecule has 1 heterocycles. The number of carbonyl (C=O) groups excluding carboxylic acids is 2. The number of aromatic nitrogens is 1. The largest absolute Gasteiger partial charge is 0.451 e. The van der Waals surface area contributed by atoms with Gasteiger partial charge in [0.1, 0.15) is 11.4 Å². The Labute approximate surface area is 146 Å². The Kier molecular flexibility index (Phi) is 5.12. The molecule has 2 aromatic carbocycles. The monoisotopic (exact) mass is 360 g/mol. The summed E-state index contributed by atoms with van der Waals surface area (Å²) in [5, 5.41) is 3.20. The van der Waals surface area contributed by atoms with Gasteiger partial charge in [-0.15, -0.1) is 0 Å². The van der Waals surface area contributed by atoms with Crippen molar-refractivity contribution in [1.82, 2.24) is 4.98 Å². The quantitative estimate of drug-likeness (QED) is 0.659. The lowest BCUT2D eigenvalue weighted by Gasteiger charge is -2.11. The molecule has 8 heteroatoms. The van der Waals surface area contributed by atoms with E-state index >= 15 is 0 Å². The lowest BCUT2D eigenvalue weighted by atomic mass is 10.2.